The SMILES string of the molecule is CCNC(C)CC(=O)NCCNC(C)=O. The van der Waals surface area contributed by atoms with Crippen molar-refractivity contribution in [1.29, 1.82) is 0 Å². The summed E-state index contributed by atoms with van der Waals surface area (Å²) in [6.45, 7) is 7.26. The molecule has 0 aliphatic rings. The first-order chi connectivity index (χ1) is 7.06. The molecule has 5 heteroatoms. The van der Waals surface area contributed by atoms with Crippen LogP contribution in [0.5, 0.6) is 0 Å². The minimum absolute atomic E-state index is 0.00815. The number of hydrogen-bond acceptors (Lipinski definition) is 3. The summed E-state index contributed by atoms with van der Waals surface area (Å²) in [6, 6.07) is 0.191. The van der Waals surface area contributed by atoms with Gasteiger partial charge in [0.15, 0.2) is 0 Å². The third-order valence-corrected chi connectivity index (χ3v) is 1.87. The van der Waals surface area contributed by atoms with Crippen LogP contribution in [0.15, 0.2) is 0 Å². The molecule has 1 atom stereocenters. The third kappa shape index (κ3) is 9.21. The summed E-state index contributed by atoms with van der Waals surface area (Å²) in [5.41, 5.74) is 0. The fraction of sp³-hybridized carbons (Fsp3) is 0.800. The van der Waals surface area contributed by atoms with Gasteiger partial charge in [-0.1, -0.05) is 6.92 Å². The summed E-state index contributed by atoms with van der Waals surface area (Å²) in [7, 11) is 0. The van der Waals surface area contributed by atoms with Gasteiger partial charge in [-0.2, -0.15) is 0 Å². The Labute approximate surface area is 91.0 Å². The van der Waals surface area contributed by atoms with Crippen molar-refractivity contribution in [2.45, 2.75) is 33.2 Å². The van der Waals surface area contributed by atoms with Gasteiger partial charge in [0.25, 0.3) is 0 Å². The number of carbonyl (C=O) groups is 2. The lowest BCUT2D eigenvalue weighted by Crippen LogP contribution is -2.37. The van der Waals surface area contributed by atoms with Crippen molar-refractivity contribution < 1.29 is 9.59 Å². The normalized spacial score (nSPS) is 11.9. The van der Waals surface area contributed by atoms with Crippen LogP contribution in [0.3, 0.4) is 0 Å². The van der Waals surface area contributed by atoms with Crippen LogP contribution in [-0.4, -0.2) is 37.5 Å². The molecule has 0 aromatic carbocycles. The van der Waals surface area contributed by atoms with Crippen LogP contribution in [0.2, 0.25) is 0 Å². The molecule has 5 nitrogen and oxygen atoms in total. The van der Waals surface area contributed by atoms with Gasteiger partial charge in [0.1, 0.15) is 0 Å². The van der Waals surface area contributed by atoms with Gasteiger partial charge in [0, 0.05) is 32.5 Å². The van der Waals surface area contributed by atoms with Crippen LogP contribution >= 0.6 is 0 Å². The molecule has 0 saturated carbocycles. The van der Waals surface area contributed by atoms with E-state index in [1.54, 1.807) is 0 Å². The summed E-state index contributed by atoms with van der Waals surface area (Å²) in [5, 5.41) is 8.50. The Kier molecular flexibility index (Phi) is 7.62. The Morgan fingerprint density at radius 1 is 1.20 bits per heavy atom. The molecule has 88 valence electrons. The molecule has 2 amide bonds. The first-order valence-electron chi connectivity index (χ1n) is 5.30. The molecule has 0 aliphatic heterocycles. The van der Waals surface area contributed by atoms with Gasteiger partial charge in [-0.25, -0.2) is 0 Å². The number of nitrogens with one attached hydrogen (secondary N) is 3. The fourth-order valence-corrected chi connectivity index (χ4v) is 1.21. The summed E-state index contributed by atoms with van der Waals surface area (Å²) in [5.74, 6) is -0.0703. The molecule has 15 heavy (non-hydrogen) atoms. The maximum absolute atomic E-state index is 11.3. The van der Waals surface area contributed by atoms with Gasteiger partial charge in [-0.15, -0.1) is 0 Å². The van der Waals surface area contributed by atoms with E-state index in [-0.39, 0.29) is 17.9 Å². The van der Waals surface area contributed by atoms with Crippen molar-refractivity contribution in [3.8, 4) is 0 Å². The zero-order valence-corrected chi connectivity index (χ0v) is 9.72. The number of hydrogen-bond donors (Lipinski definition) is 3. The molecule has 0 bridgehead atoms. The van der Waals surface area contributed by atoms with E-state index < -0.39 is 0 Å². The topological polar surface area (TPSA) is 70.2 Å². The van der Waals surface area contributed by atoms with Crippen molar-refractivity contribution in [3.05, 3.63) is 0 Å². The first-order valence-corrected chi connectivity index (χ1v) is 5.30. The maximum atomic E-state index is 11.3. The van der Waals surface area contributed by atoms with Gasteiger partial charge in [0.05, 0.1) is 0 Å². The number of carbonyl (C=O) groups excluding carboxylic acids is 2. The molecule has 0 saturated heterocycles. The minimum Gasteiger partial charge on any atom is -0.355 e. The van der Waals surface area contributed by atoms with Crippen LogP contribution in [-0.2, 0) is 9.59 Å². The lowest BCUT2D eigenvalue weighted by atomic mass is 10.2. The highest BCUT2D eigenvalue weighted by Gasteiger charge is 2.06. The fourth-order valence-electron chi connectivity index (χ4n) is 1.21. The standard InChI is InChI=1S/C10H21N3O2/c1-4-11-8(2)7-10(15)13-6-5-12-9(3)14/h8,11H,4-7H2,1-3H3,(H,12,14)(H,13,15). The highest BCUT2D eigenvalue weighted by Crippen LogP contribution is 1.89. The second-order valence-electron chi connectivity index (χ2n) is 3.50. The van der Waals surface area contributed by atoms with Crippen LogP contribution in [0.4, 0.5) is 0 Å². The van der Waals surface area contributed by atoms with Crippen molar-refractivity contribution in [3.63, 3.8) is 0 Å². The van der Waals surface area contributed by atoms with Crippen LogP contribution in [0.1, 0.15) is 27.2 Å². The zero-order chi connectivity index (χ0) is 11.7. The molecule has 3 N–H and O–H groups in total. The lowest BCUT2D eigenvalue weighted by molar-refractivity contribution is -0.122. The summed E-state index contributed by atoms with van der Waals surface area (Å²) < 4.78 is 0. The van der Waals surface area contributed by atoms with Gasteiger partial charge < -0.3 is 16.0 Å². The van der Waals surface area contributed by atoms with Crippen LogP contribution < -0.4 is 16.0 Å². The maximum Gasteiger partial charge on any atom is 0.221 e. The molecular formula is C10H21N3O2. The second-order valence-corrected chi connectivity index (χ2v) is 3.50. The largest absolute Gasteiger partial charge is 0.355 e. The predicted molar refractivity (Wildman–Crippen MR) is 59.4 cm³/mol. The van der Waals surface area contributed by atoms with E-state index >= 15 is 0 Å². The van der Waals surface area contributed by atoms with Crippen molar-refractivity contribution >= 4 is 11.8 Å². The Bertz CT molecular complexity index is 207. The average molecular weight is 215 g/mol. The molecule has 0 spiro atoms. The molecule has 0 heterocycles. The highest BCUT2D eigenvalue weighted by molar-refractivity contribution is 5.76. The van der Waals surface area contributed by atoms with Crippen molar-refractivity contribution in [2.24, 2.45) is 0 Å². The van der Waals surface area contributed by atoms with Gasteiger partial charge in [-0.3, -0.25) is 9.59 Å². The molecule has 0 aliphatic carbocycles. The first kappa shape index (κ1) is 13.9. The van der Waals surface area contributed by atoms with E-state index in [9.17, 15) is 9.59 Å². The van der Waals surface area contributed by atoms with E-state index in [0.717, 1.165) is 6.54 Å². The summed E-state index contributed by atoms with van der Waals surface area (Å²) >= 11 is 0. The monoisotopic (exact) mass is 215 g/mol. The van der Waals surface area contributed by atoms with Crippen molar-refractivity contribution in [1.82, 2.24) is 16.0 Å². The van der Waals surface area contributed by atoms with Crippen LogP contribution in [0.25, 0.3) is 0 Å². The Morgan fingerprint density at radius 2 is 1.80 bits per heavy atom. The van der Waals surface area contributed by atoms with E-state index in [1.165, 1.54) is 6.92 Å². The van der Waals surface area contributed by atoms with Gasteiger partial charge >= 0.3 is 0 Å². The average Bonchev–Trinajstić information content (AvgIpc) is 2.12. The number of rotatable bonds is 7. The van der Waals surface area contributed by atoms with E-state index in [1.807, 2.05) is 13.8 Å². The molecule has 0 fully saturated rings. The van der Waals surface area contributed by atoms with Gasteiger partial charge in [0.2, 0.25) is 11.8 Å². The second kappa shape index (κ2) is 8.23. The van der Waals surface area contributed by atoms with E-state index in [4.69, 9.17) is 0 Å². The smallest absolute Gasteiger partial charge is 0.221 e. The van der Waals surface area contributed by atoms with Gasteiger partial charge in [-0.05, 0) is 13.5 Å². The third-order valence-electron chi connectivity index (χ3n) is 1.87. The molecule has 0 aromatic heterocycles. The molecule has 1 unspecified atom stereocenters. The number of amides is 2. The predicted octanol–water partition coefficient (Wildman–Crippen LogP) is -0.373. The minimum atomic E-state index is -0.0785. The lowest BCUT2D eigenvalue weighted by Gasteiger charge is -2.12. The summed E-state index contributed by atoms with van der Waals surface area (Å²) in [6.07, 6.45) is 0.466. The summed E-state index contributed by atoms with van der Waals surface area (Å²) in [4.78, 5) is 21.8. The Morgan fingerprint density at radius 3 is 2.33 bits per heavy atom. The molecule has 0 radical (unpaired) electrons. The Balaban J connectivity index is 3.44. The van der Waals surface area contributed by atoms with Crippen molar-refractivity contribution in [2.75, 3.05) is 19.6 Å². The molecule has 0 aromatic rings. The van der Waals surface area contributed by atoms with Crippen LogP contribution in [0, 0.1) is 0 Å². The zero-order valence-electron chi connectivity index (χ0n) is 9.72. The van der Waals surface area contributed by atoms with E-state index in [0.29, 0.717) is 19.5 Å². The molecule has 0 rings (SSSR count). The Hall–Kier alpha value is -1.10. The quantitative estimate of drug-likeness (QED) is 0.507. The highest BCUT2D eigenvalue weighted by atomic mass is 16.2. The molecular weight excluding hydrogens is 194 g/mol. The van der Waals surface area contributed by atoms with E-state index in [2.05, 4.69) is 16.0 Å².